The van der Waals surface area contributed by atoms with Gasteiger partial charge in [0.15, 0.2) is 5.67 Å². The summed E-state index contributed by atoms with van der Waals surface area (Å²) in [4.78, 5) is 4.01. The molecule has 1 aromatic rings. The molecule has 2 N–H and O–H groups in total. The van der Waals surface area contributed by atoms with Crippen molar-refractivity contribution in [3.8, 4) is 0 Å². The molecule has 0 saturated heterocycles. The molecule has 0 aliphatic heterocycles. The Morgan fingerprint density at radius 1 is 1.57 bits per heavy atom. The Bertz CT molecular complexity index is 336. The molecular weight excluding hydrogens is 179 g/mol. The summed E-state index contributed by atoms with van der Waals surface area (Å²) >= 11 is 0. The van der Waals surface area contributed by atoms with E-state index in [4.69, 9.17) is 5.73 Å². The predicted octanol–water partition coefficient (Wildman–Crippen LogP) is 1.92. The maximum absolute atomic E-state index is 14.5. The first-order valence-corrected chi connectivity index (χ1v) is 4.98. The Kier molecular flexibility index (Phi) is 2.27. The van der Waals surface area contributed by atoms with E-state index in [0.717, 1.165) is 18.4 Å². The second-order valence-electron chi connectivity index (χ2n) is 4.09. The van der Waals surface area contributed by atoms with Gasteiger partial charge in [0.2, 0.25) is 0 Å². The summed E-state index contributed by atoms with van der Waals surface area (Å²) in [5.74, 6) is 0.107. The van der Waals surface area contributed by atoms with Crippen LogP contribution in [0.1, 0.15) is 24.0 Å². The number of aromatic nitrogens is 1. The van der Waals surface area contributed by atoms with Crippen molar-refractivity contribution in [3.05, 3.63) is 29.6 Å². The number of hydrogen-bond donors (Lipinski definition) is 1. The molecular formula is C11H15FN2. The SMILES string of the molecule is Cc1cncc(C(F)(CN)C2CC2)c1. The summed E-state index contributed by atoms with van der Waals surface area (Å²) < 4.78 is 14.5. The van der Waals surface area contributed by atoms with Crippen LogP contribution in [0.25, 0.3) is 0 Å². The van der Waals surface area contributed by atoms with Gasteiger partial charge in [-0.15, -0.1) is 0 Å². The first-order chi connectivity index (χ1) is 6.66. The van der Waals surface area contributed by atoms with Crippen LogP contribution >= 0.6 is 0 Å². The molecule has 1 atom stereocenters. The molecule has 1 saturated carbocycles. The third-order valence-electron chi connectivity index (χ3n) is 2.88. The first-order valence-electron chi connectivity index (χ1n) is 4.98. The van der Waals surface area contributed by atoms with Crippen molar-refractivity contribution >= 4 is 0 Å². The van der Waals surface area contributed by atoms with Crippen LogP contribution in [0, 0.1) is 12.8 Å². The van der Waals surface area contributed by atoms with Crippen LogP contribution < -0.4 is 5.73 Å². The third kappa shape index (κ3) is 1.52. The van der Waals surface area contributed by atoms with Crippen LogP contribution in [0.15, 0.2) is 18.5 Å². The summed E-state index contributed by atoms with van der Waals surface area (Å²) in [5, 5.41) is 0. The van der Waals surface area contributed by atoms with E-state index < -0.39 is 5.67 Å². The number of halogens is 1. The van der Waals surface area contributed by atoms with E-state index >= 15 is 0 Å². The molecule has 2 rings (SSSR count). The third-order valence-corrected chi connectivity index (χ3v) is 2.88. The zero-order valence-corrected chi connectivity index (χ0v) is 8.33. The van der Waals surface area contributed by atoms with Crippen molar-refractivity contribution in [2.24, 2.45) is 11.7 Å². The first kappa shape index (κ1) is 9.59. The molecule has 0 radical (unpaired) electrons. The Balaban J connectivity index is 2.35. The highest BCUT2D eigenvalue weighted by Crippen LogP contribution is 2.47. The lowest BCUT2D eigenvalue weighted by atomic mass is 9.91. The highest BCUT2D eigenvalue weighted by atomic mass is 19.1. The minimum atomic E-state index is -1.35. The number of hydrogen-bond acceptors (Lipinski definition) is 2. The number of rotatable bonds is 3. The van der Waals surface area contributed by atoms with Crippen LogP contribution in [0.4, 0.5) is 4.39 Å². The Hall–Kier alpha value is -0.960. The molecule has 3 heteroatoms. The molecule has 14 heavy (non-hydrogen) atoms. The van der Waals surface area contributed by atoms with Crippen molar-refractivity contribution in [2.75, 3.05) is 6.54 Å². The van der Waals surface area contributed by atoms with Gasteiger partial charge < -0.3 is 5.73 Å². The number of alkyl halides is 1. The number of nitrogens with two attached hydrogens (primary N) is 1. The van der Waals surface area contributed by atoms with Crippen molar-refractivity contribution in [3.63, 3.8) is 0 Å². The van der Waals surface area contributed by atoms with Gasteiger partial charge >= 0.3 is 0 Å². The number of aryl methyl sites for hydroxylation is 1. The Morgan fingerprint density at radius 3 is 2.79 bits per heavy atom. The Morgan fingerprint density at radius 2 is 2.29 bits per heavy atom. The second-order valence-corrected chi connectivity index (χ2v) is 4.09. The summed E-state index contributed by atoms with van der Waals surface area (Å²) in [6.07, 6.45) is 5.22. The topological polar surface area (TPSA) is 38.9 Å². The molecule has 1 aliphatic rings. The van der Waals surface area contributed by atoms with Gasteiger partial charge in [0, 0.05) is 24.5 Å². The molecule has 1 aliphatic carbocycles. The summed E-state index contributed by atoms with van der Waals surface area (Å²) in [6.45, 7) is 1.98. The Labute approximate surface area is 83.3 Å². The fourth-order valence-electron chi connectivity index (χ4n) is 1.84. The molecule has 1 heterocycles. The minimum absolute atomic E-state index is 0.0583. The van der Waals surface area contributed by atoms with Gasteiger partial charge in [-0.1, -0.05) is 0 Å². The van der Waals surface area contributed by atoms with Crippen LogP contribution in [0.2, 0.25) is 0 Å². The van der Waals surface area contributed by atoms with E-state index in [-0.39, 0.29) is 12.5 Å². The van der Waals surface area contributed by atoms with Crippen molar-refractivity contribution in [1.82, 2.24) is 4.98 Å². The van der Waals surface area contributed by atoms with Gasteiger partial charge in [-0.3, -0.25) is 4.98 Å². The summed E-state index contributed by atoms with van der Waals surface area (Å²) in [5.41, 5.74) is 5.81. The quantitative estimate of drug-likeness (QED) is 0.798. The fourth-order valence-corrected chi connectivity index (χ4v) is 1.84. The lowest BCUT2D eigenvalue weighted by molar-refractivity contribution is 0.142. The molecule has 1 unspecified atom stereocenters. The average Bonchev–Trinajstić information content (AvgIpc) is 3.00. The lowest BCUT2D eigenvalue weighted by Crippen LogP contribution is -2.32. The van der Waals surface area contributed by atoms with Crippen LogP contribution in [-0.2, 0) is 5.67 Å². The van der Waals surface area contributed by atoms with E-state index in [1.807, 2.05) is 13.0 Å². The maximum Gasteiger partial charge on any atom is 0.152 e. The van der Waals surface area contributed by atoms with E-state index in [0.29, 0.717) is 5.56 Å². The van der Waals surface area contributed by atoms with Gasteiger partial charge in [0.1, 0.15) is 0 Å². The average molecular weight is 194 g/mol. The maximum atomic E-state index is 14.5. The molecule has 2 nitrogen and oxygen atoms in total. The van der Waals surface area contributed by atoms with Crippen LogP contribution in [0.3, 0.4) is 0 Å². The van der Waals surface area contributed by atoms with Gasteiger partial charge in [0.05, 0.1) is 0 Å². The summed E-state index contributed by atoms with van der Waals surface area (Å²) in [6, 6.07) is 1.85. The lowest BCUT2D eigenvalue weighted by Gasteiger charge is -2.23. The zero-order valence-electron chi connectivity index (χ0n) is 8.33. The van der Waals surface area contributed by atoms with Gasteiger partial charge in [-0.05, 0) is 37.3 Å². The van der Waals surface area contributed by atoms with Gasteiger partial charge in [-0.2, -0.15) is 0 Å². The monoisotopic (exact) mass is 194 g/mol. The van der Waals surface area contributed by atoms with Crippen LogP contribution in [0.5, 0.6) is 0 Å². The molecule has 1 fully saturated rings. The second kappa shape index (κ2) is 3.31. The molecule has 0 bridgehead atoms. The smallest absolute Gasteiger partial charge is 0.152 e. The zero-order chi connectivity index (χ0) is 10.2. The van der Waals surface area contributed by atoms with Crippen molar-refractivity contribution in [2.45, 2.75) is 25.4 Å². The normalized spacial score (nSPS) is 20.5. The largest absolute Gasteiger partial charge is 0.327 e. The number of nitrogens with zero attached hydrogens (tertiary/aromatic N) is 1. The number of pyridine rings is 1. The molecule has 0 amide bonds. The predicted molar refractivity (Wildman–Crippen MR) is 53.5 cm³/mol. The standard InChI is InChI=1S/C11H15FN2/c1-8-4-10(6-14-5-8)11(12,7-13)9-2-3-9/h4-6,9H,2-3,7,13H2,1H3. The highest BCUT2D eigenvalue weighted by Gasteiger charge is 2.46. The van der Waals surface area contributed by atoms with E-state index in [1.165, 1.54) is 0 Å². The molecule has 1 aromatic heterocycles. The van der Waals surface area contributed by atoms with Crippen molar-refractivity contribution in [1.29, 1.82) is 0 Å². The van der Waals surface area contributed by atoms with E-state index in [1.54, 1.807) is 12.4 Å². The highest BCUT2D eigenvalue weighted by molar-refractivity contribution is 5.26. The summed E-state index contributed by atoms with van der Waals surface area (Å²) in [7, 11) is 0. The molecule has 0 aromatic carbocycles. The van der Waals surface area contributed by atoms with Gasteiger partial charge in [0.25, 0.3) is 0 Å². The fraction of sp³-hybridized carbons (Fsp3) is 0.545. The van der Waals surface area contributed by atoms with Crippen LogP contribution in [-0.4, -0.2) is 11.5 Å². The molecule has 76 valence electrons. The van der Waals surface area contributed by atoms with E-state index in [2.05, 4.69) is 4.98 Å². The van der Waals surface area contributed by atoms with Crippen molar-refractivity contribution < 1.29 is 4.39 Å². The minimum Gasteiger partial charge on any atom is -0.327 e. The van der Waals surface area contributed by atoms with Gasteiger partial charge in [-0.25, -0.2) is 4.39 Å². The molecule has 0 spiro atoms. The van der Waals surface area contributed by atoms with E-state index in [9.17, 15) is 4.39 Å².